The molecule has 0 saturated heterocycles. The molecule has 6 heteroatoms. The molecule has 0 aliphatic carbocycles. The van der Waals surface area contributed by atoms with Gasteiger partial charge in [-0.25, -0.2) is 0 Å². The summed E-state index contributed by atoms with van der Waals surface area (Å²) in [7, 11) is 0. The minimum Gasteiger partial charge on any atom is -1.00 e. The molecular weight excluding hydrogens is 586 g/mol. The summed E-state index contributed by atoms with van der Waals surface area (Å²) < 4.78 is 0. The Morgan fingerprint density at radius 3 is 1.00 bits per heavy atom. The Hall–Kier alpha value is 6.19. The van der Waals surface area contributed by atoms with Crippen molar-refractivity contribution in [2.45, 2.75) is 0 Å². The molecule has 0 radical (unpaired) electrons. The van der Waals surface area contributed by atoms with Gasteiger partial charge in [-0.2, -0.15) is 0 Å². The molecule has 30 valence electrons. The first-order valence-corrected chi connectivity index (χ1v) is 12.9. The Morgan fingerprint density at radius 2 is 1.00 bits per heavy atom. The molecule has 0 aliphatic heterocycles. The summed E-state index contributed by atoms with van der Waals surface area (Å²) in [6.45, 7) is 0. The minimum atomic E-state index is 0. The Morgan fingerprint density at radius 1 is 1.00 bits per heavy atom. The van der Waals surface area contributed by atoms with Gasteiger partial charge in [0.25, 0.3) is 0 Å². The molecule has 0 N–H and O–H groups in total. The zero-order chi connectivity index (χ0) is 2.71. The van der Waals surface area contributed by atoms with Crippen molar-refractivity contribution in [3.8, 4) is 0 Å². The fraction of sp³-hybridized carbons (Fsp3) is 0. The number of halogens is 4. The van der Waals surface area contributed by atoms with E-state index >= 15 is 0 Å². The van der Waals surface area contributed by atoms with Crippen molar-refractivity contribution in [2.75, 3.05) is 0 Å². The van der Waals surface area contributed by atoms with Crippen LogP contribution in [0, 0.1) is 0 Å². The fourth-order valence-corrected chi connectivity index (χ4v) is 0. The van der Waals surface area contributed by atoms with Gasteiger partial charge >= 0.3 is 153 Å². The van der Waals surface area contributed by atoms with E-state index in [0.29, 0.717) is 13.3 Å². The van der Waals surface area contributed by atoms with E-state index in [1.54, 1.807) is 0 Å². The van der Waals surface area contributed by atoms with Crippen LogP contribution in [0.2, 0.25) is 0 Å². The zero-order valence-electron chi connectivity index (χ0n) is 3.51. The Kier molecular flexibility index (Phi) is 85.2. The van der Waals surface area contributed by atoms with Crippen molar-refractivity contribution in [1.29, 1.82) is 0 Å². The van der Waals surface area contributed by atoms with E-state index < -0.39 is 0 Å². The van der Waals surface area contributed by atoms with Crippen molar-refractivity contribution in [3.63, 3.8) is 0 Å². The van der Waals surface area contributed by atoms with Crippen LogP contribution in [0.3, 0.4) is 0 Å². The molecule has 0 bridgehead atoms. The third-order valence-corrected chi connectivity index (χ3v) is 0. The van der Waals surface area contributed by atoms with Crippen LogP contribution in [0.4, 0.5) is 0 Å². The molecule has 0 amide bonds. The van der Waals surface area contributed by atoms with Crippen LogP contribution < -0.4 is 140 Å². The summed E-state index contributed by atoms with van der Waals surface area (Å²) in [5.41, 5.74) is 0. The smallest absolute Gasteiger partial charge is 1.00 e. The monoisotopic (exact) mass is 586 g/mol. The first-order chi connectivity index (χ1) is 1.41. The van der Waals surface area contributed by atoms with Gasteiger partial charge in [-0.1, -0.05) is 0 Å². The van der Waals surface area contributed by atoms with Crippen LogP contribution >= 0.6 is 37.2 Å². The number of hydrogen-bond donors (Lipinski definition) is 0. The second kappa shape index (κ2) is 22.5. The average Bonchev–Trinajstić information content (AvgIpc) is 0.918. The summed E-state index contributed by atoms with van der Waals surface area (Å²) >= 11 is 5.30. The van der Waals surface area contributed by atoms with E-state index in [1.165, 1.54) is 0 Å². The topological polar surface area (TPSA) is 0 Å². The molecule has 0 rings (SSSR count). The van der Waals surface area contributed by atoms with Crippen LogP contribution in [0.1, 0.15) is 0 Å². The summed E-state index contributed by atoms with van der Waals surface area (Å²) in [5.74, 6) is 0. The van der Waals surface area contributed by atoms with Crippen LogP contribution in [0.15, 0.2) is 0 Å². The first-order valence-electron chi connectivity index (χ1n) is 0.286. The van der Waals surface area contributed by atoms with Crippen molar-refractivity contribution >= 4 is 37.2 Å². The molecule has 0 aromatic rings. The largest absolute Gasteiger partial charge is 1.00 e. The Labute approximate surface area is 170 Å². The van der Waals surface area contributed by atoms with Gasteiger partial charge in [0.05, 0.1) is 0 Å². The molecule has 0 unspecified atom stereocenters. The average molecular weight is 586 g/mol. The van der Waals surface area contributed by atoms with E-state index in [4.69, 9.17) is 0 Å². The molecule has 6 heavy (non-hydrogen) atoms. The number of hydrogen-bond acceptors (Lipinski definition) is 0. The quantitative estimate of drug-likeness (QED) is 0.196. The second-order valence-corrected chi connectivity index (χ2v) is 16.3. The van der Waals surface area contributed by atoms with Crippen LogP contribution in [0.5, 0.6) is 0 Å². The summed E-state index contributed by atoms with van der Waals surface area (Å²) in [5, 5.41) is 0. The normalized spacial score (nSPS) is 3.67. The fourth-order valence-electron chi connectivity index (χ4n) is 0. The van der Waals surface area contributed by atoms with E-state index in [2.05, 4.69) is 37.2 Å². The van der Waals surface area contributed by atoms with Gasteiger partial charge in [-0.05, 0) is 0 Å². The first kappa shape index (κ1) is 22.8. The third-order valence-electron chi connectivity index (χ3n) is 0. The summed E-state index contributed by atoms with van der Waals surface area (Å²) in [6, 6.07) is 0. The van der Waals surface area contributed by atoms with Crippen molar-refractivity contribution < 1.29 is 140 Å². The molecular formula is I4K2. The maximum Gasteiger partial charge on any atom is 1.00 e. The summed E-state index contributed by atoms with van der Waals surface area (Å²) in [4.78, 5) is 0. The number of rotatable bonds is 0. The SMILES string of the molecule is I[I-]I.[I-].[K+].[K+]. The van der Waals surface area contributed by atoms with Crippen molar-refractivity contribution in [2.24, 2.45) is 0 Å². The third kappa shape index (κ3) is 22.5. The van der Waals surface area contributed by atoms with Gasteiger partial charge < -0.3 is 24.0 Å². The van der Waals surface area contributed by atoms with Crippen molar-refractivity contribution in [1.82, 2.24) is 0 Å². The van der Waals surface area contributed by atoms with Crippen molar-refractivity contribution in [3.05, 3.63) is 0 Å². The second-order valence-electron chi connectivity index (χ2n) is 0.0540. The standard InChI is InChI=1S/I3.HI.2K/c1-3-2;;;/h;1H;;/q-1;;2*+1/p-1. The predicted molar refractivity (Wildman–Crippen MR) is 28.0 cm³/mol. The molecule has 0 saturated carbocycles. The maximum atomic E-state index is 2.39. The molecule has 0 atom stereocenters. The van der Waals surface area contributed by atoms with Crippen LogP contribution in [0.25, 0.3) is 0 Å². The molecule has 0 fully saturated rings. The van der Waals surface area contributed by atoms with Gasteiger partial charge in [0, 0.05) is 0 Å². The molecule has 0 heterocycles. The van der Waals surface area contributed by atoms with Crippen LogP contribution in [-0.4, -0.2) is 0 Å². The van der Waals surface area contributed by atoms with Gasteiger partial charge in [0.15, 0.2) is 0 Å². The van der Waals surface area contributed by atoms with Gasteiger partial charge in [-0.15, -0.1) is 0 Å². The van der Waals surface area contributed by atoms with E-state index in [0.717, 1.165) is 0 Å². The molecule has 0 aromatic carbocycles. The zero-order valence-corrected chi connectivity index (χ0v) is 18.4. The summed E-state index contributed by atoms with van der Waals surface area (Å²) in [6.07, 6.45) is 0. The molecule has 0 nitrogen and oxygen atoms in total. The van der Waals surface area contributed by atoms with Gasteiger partial charge in [-0.3, -0.25) is 0 Å². The Bertz CT molecular complexity index is 5.51. The van der Waals surface area contributed by atoms with E-state index in [9.17, 15) is 0 Å². The Balaban J connectivity index is -0.00000000667. The van der Waals surface area contributed by atoms with Gasteiger partial charge in [0.1, 0.15) is 0 Å². The van der Waals surface area contributed by atoms with Crippen LogP contribution in [-0.2, 0) is 0 Å². The minimum absolute atomic E-state index is 0. The van der Waals surface area contributed by atoms with Gasteiger partial charge in [0.2, 0.25) is 0 Å². The predicted octanol–water partition coefficient (Wildman–Crippen LogP) is -10.2. The van der Waals surface area contributed by atoms with E-state index in [1.807, 2.05) is 0 Å². The van der Waals surface area contributed by atoms with E-state index in [-0.39, 0.29) is 127 Å². The molecule has 0 spiro atoms. The maximum absolute atomic E-state index is 2.39. The molecule has 0 aliphatic rings. The molecule has 0 aromatic heterocycles.